The highest BCUT2D eigenvalue weighted by Crippen LogP contribution is 2.42. The van der Waals surface area contributed by atoms with E-state index < -0.39 is 5.41 Å². The van der Waals surface area contributed by atoms with E-state index in [9.17, 15) is 4.79 Å². The molecule has 1 saturated carbocycles. The molecule has 1 aliphatic carbocycles. The fourth-order valence-corrected chi connectivity index (χ4v) is 3.44. The lowest BCUT2D eigenvalue weighted by Gasteiger charge is -2.28. The van der Waals surface area contributed by atoms with E-state index in [0.717, 1.165) is 41.3 Å². The van der Waals surface area contributed by atoms with Gasteiger partial charge in [0, 0.05) is 10.7 Å². The molecule has 0 saturated heterocycles. The van der Waals surface area contributed by atoms with Gasteiger partial charge in [0.05, 0.1) is 5.41 Å². The molecule has 0 spiro atoms. The zero-order valence-electron chi connectivity index (χ0n) is 12.6. The summed E-state index contributed by atoms with van der Waals surface area (Å²) in [5.74, 6) is 0.683. The first-order chi connectivity index (χ1) is 10.6. The van der Waals surface area contributed by atoms with E-state index >= 15 is 0 Å². The van der Waals surface area contributed by atoms with Crippen molar-refractivity contribution in [2.45, 2.75) is 38.0 Å². The molecule has 0 unspecified atom stereocenters. The number of nitrogens with zero attached hydrogens (tertiary/aromatic N) is 1. The van der Waals surface area contributed by atoms with Crippen LogP contribution in [0.4, 0.5) is 5.82 Å². The molecule has 4 heteroatoms. The van der Waals surface area contributed by atoms with Gasteiger partial charge in [0.2, 0.25) is 5.91 Å². The molecule has 0 bridgehead atoms. The summed E-state index contributed by atoms with van der Waals surface area (Å²) in [6.07, 6.45) is 5.74. The first kappa shape index (κ1) is 15.2. The molecule has 0 radical (unpaired) electrons. The predicted molar refractivity (Wildman–Crippen MR) is 91.9 cm³/mol. The van der Waals surface area contributed by atoms with Crippen LogP contribution in [0.2, 0.25) is 0 Å². The lowest BCUT2D eigenvalue weighted by atomic mass is 9.78. The number of nitrogens with one attached hydrogen (secondary N) is 1. The van der Waals surface area contributed by atoms with Crippen molar-refractivity contribution in [3.05, 3.63) is 58.2 Å². The summed E-state index contributed by atoms with van der Waals surface area (Å²) < 4.78 is 1.03. The van der Waals surface area contributed by atoms with Gasteiger partial charge in [-0.05, 0) is 49.1 Å². The Morgan fingerprint density at radius 3 is 2.41 bits per heavy atom. The minimum absolute atomic E-state index is 0.0590. The molecule has 22 heavy (non-hydrogen) atoms. The standard InChI is InChI=1S/C18H19BrN2O/c1-13-4-9-16(20-12-13)21-17(22)18(10-2-3-11-18)14-5-7-15(19)8-6-14/h4-9,12H,2-3,10-11H2,1H3,(H,20,21,22). The van der Waals surface area contributed by atoms with Crippen LogP contribution in [0.15, 0.2) is 47.1 Å². The SMILES string of the molecule is Cc1ccc(NC(=O)C2(c3ccc(Br)cc3)CCCC2)nc1. The molecule has 114 valence electrons. The number of carbonyl (C=O) groups is 1. The highest BCUT2D eigenvalue weighted by Gasteiger charge is 2.42. The van der Waals surface area contributed by atoms with Gasteiger partial charge in [0.1, 0.15) is 5.82 Å². The van der Waals surface area contributed by atoms with Gasteiger partial charge < -0.3 is 5.32 Å². The zero-order valence-corrected chi connectivity index (χ0v) is 14.2. The normalized spacial score (nSPS) is 16.5. The average Bonchev–Trinajstić information content (AvgIpc) is 3.01. The van der Waals surface area contributed by atoms with Crippen molar-refractivity contribution in [1.82, 2.24) is 4.98 Å². The third-order valence-electron chi connectivity index (χ3n) is 4.44. The number of carbonyl (C=O) groups excluding carboxylic acids is 1. The molecule has 1 N–H and O–H groups in total. The van der Waals surface area contributed by atoms with E-state index in [1.54, 1.807) is 6.20 Å². The second kappa shape index (κ2) is 6.21. The van der Waals surface area contributed by atoms with Crippen LogP contribution >= 0.6 is 15.9 Å². The number of aryl methyl sites for hydroxylation is 1. The number of hydrogen-bond acceptors (Lipinski definition) is 2. The second-order valence-corrected chi connectivity index (χ2v) is 6.89. The fourth-order valence-electron chi connectivity index (χ4n) is 3.17. The average molecular weight is 359 g/mol. The van der Waals surface area contributed by atoms with Crippen LogP contribution in [0, 0.1) is 6.92 Å². The molecular formula is C18H19BrN2O. The van der Waals surface area contributed by atoms with Crippen molar-refractivity contribution in [2.24, 2.45) is 0 Å². The van der Waals surface area contributed by atoms with Crippen LogP contribution in [-0.4, -0.2) is 10.9 Å². The molecule has 2 aromatic rings. The third-order valence-corrected chi connectivity index (χ3v) is 4.97. The van der Waals surface area contributed by atoms with Crippen molar-refractivity contribution in [3.8, 4) is 0 Å². The monoisotopic (exact) mass is 358 g/mol. The number of aromatic nitrogens is 1. The van der Waals surface area contributed by atoms with Gasteiger partial charge in [-0.1, -0.05) is 47.0 Å². The van der Waals surface area contributed by atoms with Crippen molar-refractivity contribution in [3.63, 3.8) is 0 Å². The van der Waals surface area contributed by atoms with Crippen molar-refractivity contribution >= 4 is 27.7 Å². The van der Waals surface area contributed by atoms with E-state index in [-0.39, 0.29) is 5.91 Å². The van der Waals surface area contributed by atoms with Gasteiger partial charge in [0.15, 0.2) is 0 Å². The van der Waals surface area contributed by atoms with Crippen LogP contribution in [0.1, 0.15) is 36.8 Å². The van der Waals surface area contributed by atoms with E-state index in [1.165, 1.54) is 0 Å². The molecule has 1 amide bonds. The van der Waals surface area contributed by atoms with Gasteiger partial charge in [-0.15, -0.1) is 0 Å². The number of benzene rings is 1. The Morgan fingerprint density at radius 1 is 1.14 bits per heavy atom. The number of anilines is 1. The number of halogens is 1. The Kier molecular flexibility index (Phi) is 4.30. The molecule has 1 heterocycles. The number of rotatable bonds is 3. The lowest BCUT2D eigenvalue weighted by Crippen LogP contribution is -2.38. The molecule has 1 aromatic carbocycles. The number of amides is 1. The summed E-state index contributed by atoms with van der Waals surface area (Å²) >= 11 is 3.46. The van der Waals surface area contributed by atoms with E-state index in [4.69, 9.17) is 0 Å². The molecule has 0 aliphatic heterocycles. The predicted octanol–water partition coefficient (Wildman–Crippen LogP) is 4.60. The molecule has 1 fully saturated rings. The summed E-state index contributed by atoms with van der Waals surface area (Å²) in [5.41, 5.74) is 1.76. The van der Waals surface area contributed by atoms with Gasteiger partial charge >= 0.3 is 0 Å². The Morgan fingerprint density at radius 2 is 1.82 bits per heavy atom. The Hall–Kier alpha value is -1.68. The smallest absolute Gasteiger partial charge is 0.236 e. The quantitative estimate of drug-likeness (QED) is 0.870. The fraction of sp³-hybridized carbons (Fsp3) is 0.333. The Bertz CT molecular complexity index is 658. The van der Waals surface area contributed by atoms with Crippen molar-refractivity contribution in [2.75, 3.05) is 5.32 Å². The van der Waals surface area contributed by atoms with Gasteiger partial charge in [-0.2, -0.15) is 0 Å². The maximum Gasteiger partial charge on any atom is 0.236 e. The van der Waals surface area contributed by atoms with E-state index in [1.807, 2.05) is 31.2 Å². The third kappa shape index (κ3) is 2.93. The maximum atomic E-state index is 12.9. The Balaban J connectivity index is 1.88. The number of pyridine rings is 1. The van der Waals surface area contributed by atoms with Crippen molar-refractivity contribution in [1.29, 1.82) is 0 Å². The largest absolute Gasteiger partial charge is 0.310 e. The van der Waals surface area contributed by atoms with Crippen LogP contribution in [-0.2, 0) is 10.2 Å². The summed E-state index contributed by atoms with van der Waals surface area (Å²) in [4.78, 5) is 17.2. The Labute approximate surface area is 139 Å². The van der Waals surface area contributed by atoms with Crippen LogP contribution in [0.3, 0.4) is 0 Å². The van der Waals surface area contributed by atoms with Gasteiger partial charge in [-0.25, -0.2) is 4.98 Å². The number of hydrogen-bond donors (Lipinski definition) is 1. The highest BCUT2D eigenvalue weighted by atomic mass is 79.9. The second-order valence-electron chi connectivity index (χ2n) is 5.97. The molecule has 0 atom stereocenters. The summed E-state index contributed by atoms with van der Waals surface area (Å²) in [7, 11) is 0. The first-order valence-electron chi connectivity index (χ1n) is 7.60. The first-order valence-corrected chi connectivity index (χ1v) is 8.40. The lowest BCUT2D eigenvalue weighted by molar-refractivity contribution is -0.121. The van der Waals surface area contributed by atoms with Crippen LogP contribution in [0.5, 0.6) is 0 Å². The molecule has 3 rings (SSSR count). The summed E-state index contributed by atoms with van der Waals surface area (Å²) in [5, 5.41) is 3.00. The van der Waals surface area contributed by atoms with Crippen LogP contribution < -0.4 is 5.32 Å². The van der Waals surface area contributed by atoms with Crippen LogP contribution in [0.25, 0.3) is 0 Å². The molecular weight excluding hydrogens is 340 g/mol. The van der Waals surface area contributed by atoms with E-state index in [2.05, 4.69) is 38.4 Å². The van der Waals surface area contributed by atoms with E-state index in [0.29, 0.717) is 5.82 Å². The molecule has 1 aromatic heterocycles. The zero-order chi connectivity index (χ0) is 15.6. The summed E-state index contributed by atoms with van der Waals surface area (Å²) in [6.45, 7) is 1.99. The topological polar surface area (TPSA) is 42.0 Å². The molecule has 1 aliphatic rings. The van der Waals surface area contributed by atoms with Crippen molar-refractivity contribution < 1.29 is 4.79 Å². The van der Waals surface area contributed by atoms with Gasteiger partial charge in [-0.3, -0.25) is 4.79 Å². The highest BCUT2D eigenvalue weighted by molar-refractivity contribution is 9.10. The minimum Gasteiger partial charge on any atom is -0.310 e. The summed E-state index contributed by atoms with van der Waals surface area (Å²) in [6, 6.07) is 11.9. The maximum absolute atomic E-state index is 12.9. The van der Waals surface area contributed by atoms with Gasteiger partial charge in [0.25, 0.3) is 0 Å². The minimum atomic E-state index is -0.423. The molecule has 3 nitrogen and oxygen atoms in total.